The van der Waals surface area contributed by atoms with Gasteiger partial charge < -0.3 is 5.11 Å². The highest BCUT2D eigenvalue weighted by Gasteiger charge is 2.06. The Morgan fingerprint density at radius 2 is 1.59 bits per heavy atom. The highest BCUT2D eigenvalue weighted by molar-refractivity contribution is 6.42. The number of hydrogen-bond donors (Lipinski definition) is 1. The fourth-order valence-corrected chi connectivity index (χ4v) is 1.85. The topological polar surface area (TPSA) is 20.2 Å². The van der Waals surface area contributed by atoms with Gasteiger partial charge in [-0.05, 0) is 35.4 Å². The van der Waals surface area contributed by atoms with Crippen molar-refractivity contribution in [1.82, 2.24) is 0 Å². The van der Waals surface area contributed by atoms with Crippen molar-refractivity contribution >= 4 is 23.2 Å². The van der Waals surface area contributed by atoms with Crippen LogP contribution in [0.25, 0.3) is 11.1 Å². The van der Waals surface area contributed by atoms with E-state index in [2.05, 4.69) is 0 Å². The van der Waals surface area contributed by atoms with E-state index in [-0.39, 0.29) is 12.2 Å². The summed E-state index contributed by atoms with van der Waals surface area (Å²) in [5.74, 6) is -0.420. The third-order valence-corrected chi connectivity index (χ3v) is 3.21. The summed E-state index contributed by atoms with van der Waals surface area (Å²) in [7, 11) is 0. The number of hydrogen-bond acceptors (Lipinski definition) is 1. The summed E-state index contributed by atoms with van der Waals surface area (Å²) >= 11 is 11.7. The summed E-state index contributed by atoms with van der Waals surface area (Å²) in [4.78, 5) is 0. The molecule has 0 spiro atoms. The highest BCUT2D eigenvalue weighted by Crippen LogP contribution is 2.29. The molecular formula is C13H9Cl2FO. The van der Waals surface area contributed by atoms with Crippen molar-refractivity contribution < 1.29 is 9.50 Å². The van der Waals surface area contributed by atoms with E-state index < -0.39 is 5.82 Å². The standard InChI is InChI=1S/C13H9Cl2FO/c14-11-3-1-9(6-12(11)15)8-2-4-13(16)10(5-8)7-17/h1-6,17H,7H2. The first-order valence-corrected chi connectivity index (χ1v) is 5.72. The minimum atomic E-state index is -0.420. The molecule has 0 saturated carbocycles. The van der Waals surface area contributed by atoms with Crippen LogP contribution in [-0.4, -0.2) is 5.11 Å². The molecule has 1 nitrogen and oxygen atoms in total. The molecule has 88 valence electrons. The minimum absolute atomic E-state index is 0.258. The van der Waals surface area contributed by atoms with Crippen LogP contribution in [0.2, 0.25) is 10.0 Å². The van der Waals surface area contributed by atoms with E-state index in [4.69, 9.17) is 28.3 Å². The number of halogens is 3. The monoisotopic (exact) mass is 270 g/mol. The molecule has 0 amide bonds. The third kappa shape index (κ3) is 2.60. The van der Waals surface area contributed by atoms with Crippen LogP contribution in [0.4, 0.5) is 4.39 Å². The fourth-order valence-electron chi connectivity index (χ4n) is 1.55. The van der Waals surface area contributed by atoms with Crippen LogP contribution in [0, 0.1) is 5.82 Å². The van der Waals surface area contributed by atoms with E-state index in [0.29, 0.717) is 10.0 Å². The molecule has 0 aliphatic carbocycles. The molecule has 0 fully saturated rings. The number of benzene rings is 2. The van der Waals surface area contributed by atoms with Gasteiger partial charge in [-0.2, -0.15) is 0 Å². The maximum Gasteiger partial charge on any atom is 0.128 e. The van der Waals surface area contributed by atoms with Gasteiger partial charge in [0.25, 0.3) is 0 Å². The third-order valence-electron chi connectivity index (χ3n) is 2.47. The van der Waals surface area contributed by atoms with E-state index in [1.165, 1.54) is 6.07 Å². The molecule has 4 heteroatoms. The molecule has 0 unspecified atom stereocenters. The van der Waals surface area contributed by atoms with E-state index in [1.54, 1.807) is 30.3 Å². The van der Waals surface area contributed by atoms with E-state index in [0.717, 1.165) is 11.1 Å². The van der Waals surface area contributed by atoms with Crippen molar-refractivity contribution in [2.45, 2.75) is 6.61 Å². The molecule has 0 atom stereocenters. The quantitative estimate of drug-likeness (QED) is 0.863. The van der Waals surface area contributed by atoms with Crippen LogP contribution in [0.5, 0.6) is 0 Å². The Morgan fingerprint density at radius 3 is 2.24 bits per heavy atom. The molecule has 0 saturated heterocycles. The van der Waals surface area contributed by atoms with E-state index in [9.17, 15) is 4.39 Å². The number of aliphatic hydroxyl groups is 1. The number of rotatable bonds is 2. The van der Waals surface area contributed by atoms with Crippen molar-refractivity contribution in [1.29, 1.82) is 0 Å². The Labute approximate surface area is 108 Å². The van der Waals surface area contributed by atoms with Gasteiger partial charge in [0.2, 0.25) is 0 Å². The van der Waals surface area contributed by atoms with Gasteiger partial charge >= 0.3 is 0 Å². The first kappa shape index (κ1) is 12.4. The molecule has 0 aromatic heterocycles. The normalized spacial score (nSPS) is 10.6. The molecule has 0 bridgehead atoms. The van der Waals surface area contributed by atoms with Crippen molar-refractivity contribution in [3.05, 3.63) is 57.8 Å². The lowest BCUT2D eigenvalue weighted by atomic mass is 10.0. The van der Waals surface area contributed by atoms with Crippen molar-refractivity contribution in [3.63, 3.8) is 0 Å². The summed E-state index contributed by atoms with van der Waals surface area (Å²) < 4.78 is 13.2. The van der Waals surface area contributed by atoms with Crippen LogP contribution in [-0.2, 0) is 6.61 Å². The first-order chi connectivity index (χ1) is 8.11. The smallest absolute Gasteiger partial charge is 0.128 e. The lowest BCUT2D eigenvalue weighted by molar-refractivity contribution is 0.276. The van der Waals surface area contributed by atoms with Crippen LogP contribution in [0.15, 0.2) is 36.4 Å². The highest BCUT2D eigenvalue weighted by atomic mass is 35.5. The average molecular weight is 271 g/mol. The van der Waals surface area contributed by atoms with Crippen LogP contribution < -0.4 is 0 Å². The van der Waals surface area contributed by atoms with Crippen LogP contribution in [0.3, 0.4) is 0 Å². The second-order valence-corrected chi connectivity index (χ2v) is 4.41. The summed E-state index contributed by atoms with van der Waals surface area (Å²) in [6.45, 7) is -0.332. The maximum atomic E-state index is 13.2. The summed E-state index contributed by atoms with van der Waals surface area (Å²) in [6.07, 6.45) is 0. The largest absolute Gasteiger partial charge is 0.392 e. The first-order valence-electron chi connectivity index (χ1n) is 4.96. The molecule has 0 heterocycles. The van der Waals surface area contributed by atoms with Gasteiger partial charge in [-0.3, -0.25) is 0 Å². The van der Waals surface area contributed by atoms with Gasteiger partial charge in [-0.1, -0.05) is 35.3 Å². The zero-order valence-corrected chi connectivity index (χ0v) is 10.3. The molecule has 0 radical (unpaired) electrons. The molecule has 1 N–H and O–H groups in total. The van der Waals surface area contributed by atoms with Gasteiger partial charge in [0.15, 0.2) is 0 Å². The SMILES string of the molecule is OCc1cc(-c2ccc(Cl)c(Cl)c2)ccc1F. The fraction of sp³-hybridized carbons (Fsp3) is 0.0769. The van der Waals surface area contributed by atoms with Crippen molar-refractivity contribution in [2.75, 3.05) is 0 Å². The predicted octanol–water partition coefficient (Wildman–Crippen LogP) is 4.29. The van der Waals surface area contributed by atoms with Gasteiger partial charge in [-0.25, -0.2) is 4.39 Å². The Hall–Kier alpha value is -1.09. The van der Waals surface area contributed by atoms with Crippen LogP contribution in [0.1, 0.15) is 5.56 Å². The Kier molecular flexibility index (Phi) is 3.67. The predicted molar refractivity (Wildman–Crippen MR) is 67.8 cm³/mol. The molecule has 17 heavy (non-hydrogen) atoms. The van der Waals surface area contributed by atoms with Crippen molar-refractivity contribution in [2.24, 2.45) is 0 Å². The molecule has 0 aliphatic heterocycles. The second-order valence-electron chi connectivity index (χ2n) is 3.59. The Balaban J connectivity index is 2.49. The number of aliphatic hydroxyl groups excluding tert-OH is 1. The Bertz CT molecular complexity index is 555. The van der Waals surface area contributed by atoms with Crippen molar-refractivity contribution in [3.8, 4) is 11.1 Å². The zero-order valence-electron chi connectivity index (χ0n) is 8.75. The molecule has 2 rings (SSSR count). The zero-order chi connectivity index (χ0) is 12.4. The van der Waals surface area contributed by atoms with Gasteiger partial charge in [0.1, 0.15) is 5.82 Å². The molecule has 2 aromatic carbocycles. The average Bonchev–Trinajstić information content (AvgIpc) is 2.33. The van der Waals surface area contributed by atoms with Gasteiger partial charge in [-0.15, -0.1) is 0 Å². The second kappa shape index (κ2) is 5.05. The van der Waals surface area contributed by atoms with E-state index >= 15 is 0 Å². The maximum absolute atomic E-state index is 13.2. The minimum Gasteiger partial charge on any atom is -0.392 e. The van der Waals surface area contributed by atoms with E-state index in [1.807, 2.05) is 0 Å². The lowest BCUT2D eigenvalue weighted by Crippen LogP contribution is -1.90. The molecule has 2 aromatic rings. The summed E-state index contributed by atoms with van der Waals surface area (Å²) in [6, 6.07) is 9.73. The van der Waals surface area contributed by atoms with Crippen LogP contribution >= 0.6 is 23.2 Å². The Morgan fingerprint density at radius 1 is 0.941 bits per heavy atom. The molecular weight excluding hydrogens is 262 g/mol. The van der Waals surface area contributed by atoms with Gasteiger partial charge in [0.05, 0.1) is 16.7 Å². The molecule has 0 aliphatic rings. The summed E-state index contributed by atoms with van der Waals surface area (Å²) in [5, 5.41) is 9.92. The lowest BCUT2D eigenvalue weighted by Gasteiger charge is -2.06. The van der Waals surface area contributed by atoms with Gasteiger partial charge in [0, 0.05) is 5.56 Å². The summed E-state index contributed by atoms with van der Waals surface area (Å²) in [5.41, 5.74) is 1.87.